The highest BCUT2D eigenvalue weighted by molar-refractivity contribution is 7.99. The summed E-state index contributed by atoms with van der Waals surface area (Å²) in [6.45, 7) is 9.38. The first-order valence-electron chi connectivity index (χ1n) is 8.03. The Morgan fingerprint density at radius 1 is 1.15 bits per heavy atom. The van der Waals surface area contributed by atoms with Crippen LogP contribution in [0.4, 0.5) is 0 Å². The van der Waals surface area contributed by atoms with Gasteiger partial charge in [0.25, 0.3) is 0 Å². The van der Waals surface area contributed by atoms with Gasteiger partial charge in [0.1, 0.15) is 0 Å². The van der Waals surface area contributed by atoms with Gasteiger partial charge in [-0.15, -0.1) is 0 Å². The Labute approximate surface area is 130 Å². The fourth-order valence-electron chi connectivity index (χ4n) is 1.87. The van der Waals surface area contributed by atoms with Crippen LogP contribution >= 0.6 is 11.8 Å². The SMILES string of the molecule is CCCCCCCCOCC(O)CNCC(C)(C)SC. The highest BCUT2D eigenvalue weighted by Crippen LogP contribution is 2.19. The molecule has 0 aliphatic carbocycles. The second kappa shape index (κ2) is 12.9. The molecule has 0 aliphatic rings. The summed E-state index contributed by atoms with van der Waals surface area (Å²) < 4.78 is 5.74. The molecule has 1 unspecified atom stereocenters. The van der Waals surface area contributed by atoms with Crippen molar-refractivity contribution < 1.29 is 9.84 Å². The first-order chi connectivity index (χ1) is 9.52. The van der Waals surface area contributed by atoms with Gasteiger partial charge in [-0.05, 0) is 26.5 Å². The number of aliphatic hydroxyl groups excluding tert-OH is 1. The van der Waals surface area contributed by atoms with E-state index in [0.717, 1.165) is 19.6 Å². The Morgan fingerprint density at radius 3 is 2.45 bits per heavy atom. The Balaban J connectivity index is 3.30. The fraction of sp³-hybridized carbons (Fsp3) is 1.00. The standard InChI is InChI=1S/C16H35NO2S/c1-5-6-7-8-9-10-11-19-13-15(18)12-17-14-16(2,3)20-4/h15,17-18H,5-14H2,1-4H3. The average molecular weight is 306 g/mol. The molecular weight excluding hydrogens is 270 g/mol. The number of hydrogen-bond acceptors (Lipinski definition) is 4. The van der Waals surface area contributed by atoms with Crippen LogP contribution in [-0.4, -0.2) is 48.5 Å². The van der Waals surface area contributed by atoms with Crippen LogP contribution in [0, 0.1) is 0 Å². The molecule has 4 heteroatoms. The van der Waals surface area contributed by atoms with Gasteiger partial charge < -0.3 is 15.2 Å². The summed E-state index contributed by atoms with van der Waals surface area (Å²) in [7, 11) is 0. The van der Waals surface area contributed by atoms with Crippen molar-refractivity contribution in [2.24, 2.45) is 0 Å². The van der Waals surface area contributed by atoms with E-state index in [1.807, 2.05) is 11.8 Å². The summed E-state index contributed by atoms with van der Waals surface area (Å²) >= 11 is 1.84. The van der Waals surface area contributed by atoms with Crippen LogP contribution in [-0.2, 0) is 4.74 Å². The van der Waals surface area contributed by atoms with E-state index in [9.17, 15) is 5.11 Å². The van der Waals surface area contributed by atoms with Gasteiger partial charge >= 0.3 is 0 Å². The largest absolute Gasteiger partial charge is 0.389 e. The predicted octanol–water partition coefficient (Wildman–Crippen LogP) is 3.46. The molecule has 3 nitrogen and oxygen atoms in total. The molecule has 0 aromatic carbocycles. The number of nitrogens with one attached hydrogen (secondary N) is 1. The molecule has 0 heterocycles. The van der Waals surface area contributed by atoms with E-state index < -0.39 is 6.10 Å². The Bertz CT molecular complexity index is 213. The maximum absolute atomic E-state index is 9.80. The molecule has 0 aliphatic heterocycles. The lowest BCUT2D eigenvalue weighted by Crippen LogP contribution is -2.38. The summed E-state index contributed by atoms with van der Waals surface area (Å²) in [5, 5.41) is 13.1. The first-order valence-corrected chi connectivity index (χ1v) is 9.26. The molecule has 0 rings (SSSR count). The number of hydrogen-bond donors (Lipinski definition) is 2. The van der Waals surface area contributed by atoms with Crippen LogP contribution in [0.2, 0.25) is 0 Å². The monoisotopic (exact) mass is 305 g/mol. The van der Waals surface area contributed by atoms with Gasteiger partial charge in [0.05, 0.1) is 12.7 Å². The molecule has 0 spiro atoms. The second-order valence-electron chi connectivity index (χ2n) is 6.09. The smallest absolute Gasteiger partial charge is 0.0897 e. The van der Waals surface area contributed by atoms with Crippen molar-refractivity contribution in [3.8, 4) is 0 Å². The van der Waals surface area contributed by atoms with E-state index in [4.69, 9.17) is 4.74 Å². The van der Waals surface area contributed by atoms with Crippen molar-refractivity contribution in [1.82, 2.24) is 5.32 Å². The summed E-state index contributed by atoms with van der Waals surface area (Å²) in [5.41, 5.74) is 0. The van der Waals surface area contributed by atoms with Gasteiger partial charge in [-0.1, -0.05) is 39.0 Å². The molecule has 0 aromatic heterocycles. The van der Waals surface area contributed by atoms with E-state index >= 15 is 0 Å². The maximum atomic E-state index is 9.80. The van der Waals surface area contributed by atoms with Gasteiger partial charge in [-0.2, -0.15) is 11.8 Å². The highest BCUT2D eigenvalue weighted by Gasteiger charge is 2.15. The van der Waals surface area contributed by atoms with E-state index in [1.165, 1.54) is 32.1 Å². The summed E-state index contributed by atoms with van der Waals surface area (Å²) in [5.74, 6) is 0. The Morgan fingerprint density at radius 2 is 1.80 bits per heavy atom. The van der Waals surface area contributed by atoms with E-state index in [2.05, 4.69) is 32.3 Å². The van der Waals surface area contributed by atoms with E-state index in [0.29, 0.717) is 13.2 Å². The molecule has 20 heavy (non-hydrogen) atoms. The molecule has 0 fully saturated rings. The molecular formula is C16H35NO2S. The normalized spacial score (nSPS) is 13.7. The van der Waals surface area contributed by atoms with Gasteiger partial charge in [0.15, 0.2) is 0 Å². The molecule has 0 bridgehead atoms. The van der Waals surface area contributed by atoms with E-state index in [1.54, 1.807) is 0 Å². The molecule has 2 N–H and O–H groups in total. The zero-order valence-electron chi connectivity index (χ0n) is 13.9. The average Bonchev–Trinajstić information content (AvgIpc) is 2.41. The van der Waals surface area contributed by atoms with Gasteiger partial charge in [0.2, 0.25) is 0 Å². The maximum Gasteiger partial charge on any atom is 0.0897 e. The summed E-state index contributed by atoms with van der Waals surface area (Å²) in [6.07, 6.45) is 9.37. The number of thioether (sulfide) groups is 1. The zero-order chi connectivity index (χ0) is 15.3. The minimum Gasteiger partial charge on any atom is -0.389 e. The highest BCUT2D eigenvalue weighted by atomic mass is 32.2. The third-order valence-corrected chi connectivity index (χ3v) is 4.69. The van der Waals surface area contributed by atoms with Crippen LogP contribution in [0.3, 0.4) is 0 Å². The third-order valence-electron chi connectivity index (χ3n) is 3.44. The molecule has 0 amide bonds. The van der Waals surface area contributed by atoms with Crippen LogP contribution in [0.5, 0.6) is 0 Å². The quantitative estimate of drug-likeness (QED) is 0.482. The summed E-state index contributed by atoms with van der Waals surface area (Å²) in [4.78, 5) is 0. The molecule has 0 saturated carbocycles. The Hall–Kier alpha value is 0.230. The number of unbranched alkanes of at least 4 members (excludes halogenated alkanes) is 5. The first kappa shape index (κ1) is 20.2. The third kappa shape index (κ3) is 13.2. The molecule has 0 aromatic rings. The lowest BCUT2D eigenvalue weighted by molar-refractivity contribution is 0.0353. The summed E-state index contributed by atoms with van der Waals surface area (Å²) in [6, 6.07) is 0. The number of rotatable bonds is 14. The van der Waals surface area contributed by atoms with Crippen molar-refractivity contribution >= 4 is 11.8 Å². The fourth-order valence-corrected chi connectivity index (χ4v) is 2.12. The predicted molar refractivity (Wildman–Crippen MR) is 90.7 cm³/mol. The van der Waals surface area contributed by atoms with Crippen molar-refractivity contribution in [1.29, 1.82) is 0 Å². The van der Waals surface area contributed by atoms with Gasteiger partial charge in [0, 0.05) is 24.4 Å². The lowest BCUT2D eigenvalue weighted by Gasteiger charge is -2.23. The van der Waals surface area contributed by atoms with Gasteiger partial charge in [-0.3, -0.25) is 0 Å². The van der Waals surface area contributed by atoms with Gasteiger partial charge in [-0.25, -0.2) is 0 Å². The van der Waals surface area contributed by atoms with Crippen molar-refractivity contribution in [3.63, 3.8) is 0 Å². The van der Waals surface area contributed by atoms with Crippen LogP contribution in [0.25, 0.3) is 0 Å². The van der Waals surface area contributed by atoms with Crippen molar-refractivity contribution in [2.75, 3.05) is 32.6 Å². The van der Waals surface area contributed by atoms with Crippen molar-refractivity contribution in [2.45, 2.75) is 70.1 Å². The van der Waals surface area contributed by atoms with E-state index in [-0.39, 0.29) is 4.75 Å². The molecule has 0 saturated heterocycles. The Kier molecular flexibility index (Phi) is 13.1. The topological polar surface area (TPSA) is 41.5 Å². The number of ether oxygens (including phenoxy) is 1. The van der Waals surface area contributed by atoms with Crippen LogP contribution in [0.1, 0.15) is 59.3 Å². The zero-order valence-corrected chi connectivity index (χ0v) is 14.7. The number of aliphatic hydroxyl groups is 1. The molecule has 1 atom stereocenters. The van der Waals surface area contributed by atoms with Crippen LogP contribution in [0.15, 0.2) is 0 Å². The van der Waals surface area contributed by atoms with Crippen molar-refractivity contribution in [3.05, 3.63) is 0 Å². The minimum atomic E-state index is -0.396. The molecule has 0 radical (unpaired) electrons. The minimum absolute atomic E-state index is 0.221. The van der Waals surface area contributed by atoms with Crippen LogP contribution < -0.4 is 5.32 Å². The lowest BCUT2D eigenvalue weighted by atomic mass is 10.1. The second-order valence-corrected chi connectivity index (χ2v) is 7.60. The molecule has 122 valence electrons.